The predicted octanol–water partition coefficient (Wildman–Crippen LogP) is 3.35. The Kier molecular flexibility index (Phi) is 4.29. The molecule has 0 aliphatic heterocycles. The van der Waals surface area contributed by atoms with Gasteiger partial charge in [0.15, 0.2) is 0 Å². The lowest BCUT2D eigenvalue weighted by Crippen LogP contribution is -2.13. The molecule has 0 saturated carbocycles. The number of carbonyl (C=O) groups is 1. The standard InChI is InChI=1S/C15H16BrN3O/c1-19(2)14-5-3-4-13(9-14)18-15(20)10-6-11(16)8-12(17)7-10/h3-9H,17H2,1-2H3,(H,18,20). The average molecular weight is 334 g/mol. The minimum atomic E-state index is -0.186. The number of hydrogen-bond donors (Lipinski definition) is 2. The van der Waals surface area contributed by atoms with Gasteiger partial charge in [0.25, 0.3) is 5.91 Å². The van der Waals surface area contributed by atoms with Gasteiger partial charge in [-0.05, 0) is 36.4 Å². The maximum absolute atomic E-state index is 12.2. The number of halogens is 1. The van der Waals surface area contributed by atoms with Gasteiger partial charge in [-0.3, -0.25) is 4.79 Å². The molecular weight excluding hydrogens is 318 g/mol. The van der Waals surface area contributed by atoms with E-state index in [1.807, 2.05) is 43.3 Å². The molecule has 3 N–H and O–H groups in total. The molecule has 0 aliphatic carbocycles. The molecule has 0 aliphatic rings. The highest BCUT2D eigenvalue weighted by atomic mass is 79.9. The van der Waals surface area contributed by atoms with Crippen LogP contribution in [0.25, 0.3) is 0 Å². The first-order chi connectivity index (χ1) is 9.45. The van der Waals surface area contributed by atoms with Gasteiger partial charge < -0.3 is 16.0 Å². The highest BCUT2D eigenvalue weighted by molar-refractivity contribution is 9.10. The fourth-order valence-corrected chi connectivity index (χ4v) is 2.32. The van der Waals surface area contributed by atoms with E-state index in [0.717, 1.165) is 15.8 Å². The Labute approximate surface area is 126 Å². The number of benzene rings is 2. The zero-order valence-electron chi connectivity index (χ0n) is 11.4. The molecule has 4 nitrogen and oxygen atoms in total. The van der Waals surface area contributed by atoms with Crippen molar-refractivity contribution in [2.75, 3.05) is 30.0 Å². The smallest absolute Gasteiger partial charge is 0.255 e. The van der Waals surface area contributed by atoms with Gasteiger partial charge in [-0.2, -0.15) is 0 Å². The molecule has 0 heterocycles. The molecule has 0 bridgehead atoms. The van der Waals surface area contributed by atoms with Gasteiger partial charge in [-0.25, -0.2) is 0 Å². The van der Waals surface area contributed by atoms with Crippen molar-refractivity contribution in [2.45, 2.75) is 0 Å². The number of amides is 1. The Morgan fingerprint density at radius 2 is 1.95 bits per heavy atom. The molecule has 0 saturated heterocycles. The van der Waals surface area contributed by atoms with E-state index in [4.69, 9.17) is 5.73 Å². The van der Waals surface area contributed by atoms with Gasteiger partial charge in [0.2, 0.25) is 0 Å². The van der Waals surface area contributed by atoms with Crippen LogP contribution in [0.3, 0.4) is 0 Å². The number of rotatable bonds is 3. The Morgan fingerprint density at radius 1 is 1.20 bits per heavy atom. The van der Waals surface area contributed by atoms with E-state index in [1.165, 1.54) is 0 Å². The topological polar surface area (TPSA) is 58.4 Å². The zero-order chi connectivity index (χ0) is 14.7. The highest BCUT2D eigenvalue weighted by Gasteiger charge is 2.08. The maximum Gasteiger partial charge on any atom is 0.255 e. The third-order valence-electron chi connectivity index (χ3n) is 2.80. The van der Waals surface area contributed by atoms with Crippen molar-refractivity contribution in [3.8, 4) is 0 Å². The molecule has 0 unspecified atom stereocenters. The monoisotopic (exact) mass is 333 g/mol. The molecule has 20 heavy (non-hydrogen) atoms. The van der Waals surface area contributed by atoms with E-state index in [2.05, 4.69) is 21.2 Å². The first-order valence-electron chi connectivity index (χ1n) is 6.10. The normalized spacial score (nSPS) is 10.2. The Hall–Kier alpha value is -2.01. The number of nitrogens with zero attached hydrogens (tertiary/aromatic N) is 1. The van der Waals surface area contributed by atoms with Gasteiger partial charge in [-0.1, -0.05) is 22.0 Å². The summed E-state index contributed by atoms with van der Waals surface area (Å²) in [4.78, 5) is 14.2. The molecule has 104 valence electrons. The van der Waals surface area contributed by atoms with E-state index < -0.39 is 0 Å². The molecule has 5 heteroatoms. The number of anilines is 3. The van der Waals surface area contributed by atoms with Crippen molar-refractivity contribution in [3.05, 3.63) is 52.5 Å². The summed E-state index contributed by atoms with van der Waals surface area (Å²) in [6.07, 6.45) is 0. The van der Waals surface area contributed by atoms with Crippen molar-refractivity contribution in [1.82, 2.24) is 0 Å². The van der Waals surface area contributed by atoms with Crippen LogP contribution in [-0.2, 0) is 0 Å². The summed E-state index contributed by atoms with van der Waals surface area (Å²) >= 11 is 3.33. The number of carbonyl (C=O) groups excluding carboxylic acids is 1. The molecule has 2 aromatic carbocycles. The second kappa shape index (κ2) is 5.96. The zero-order valence-corrected chi connectivity index (χ0v) is 12.9. The van der Waals surface area contributed by atoms with Crippen LogP contribution in [0.2, 0.25) is 0 Å². The molecule has 2 aromatic rings. The molecule has 0 atom stereocenters. The lowest BCUT2D eigenvalue weighted by molar-refractivity contribution is 0.102. The lowest BCUT2D eigenvalue weighted by atomic mass is 10.2. The lowest BCUT2D eigenvalue weighted by Gasteiger charge is -2.14. The highest BCUT2D eigenvalue weighted by Crippen LogP contribution is 2.20. The Bertz CT molecular complexity index is 621. The van der Waals surface area contributed by atoms with Crippen molar-refractivity contribution in [3.63, 3.8) is 0 Å². The van der Waals surface area contributed by atoms with Crippen LogP contribution in [0, 0.1) is 0 Å². The second-order valence-electron chi connectivity index (χ2n) is 4.67. The fraction of sp³-hybridized carbons (Fsp3) is 0.133. The Balaban J connectivity index is 2.21. The van der Waals surface area contributed by atoms with Crippen LogP contribution in [-0.4, -0.2) is 20.0 Å². The number of nitrogen functional groups attached to an aromatic ring is 1. The summed E-state index contributed by atoms with van der Waals surface area (Å²) in [5, 5.41) is 2.87. The number of nitrogens with one attached hydrogen (secondary N) is 1. The summed E-state index contributed by atoms with van der Waals surface area (Å²) in [5.74, 6) is -0.186. The first kappa shape index (κ1) is 14.4. The predicted molar refractivity (Wildman–Crippen MR) is 87.3 cm³/mol. The van der Waals surface area contributed by atoms with E-state index >= 15 is 0 Å². The van der Waals surface area contributed by atoms with Crippen LogP contribution in [0.5, 0.6) is 0 Å². The minimum Gasteiger partial charge on any atom is -0.399 e. The van der Waals surface area contributed by atoms with Gasteiger partial charge in [0.05, 0.1) is 0 Å². The van der Waals surface area contributed by atoms with Crippen molar-refractivity contribution >= 4 is 38.9 Å². The Morgan fingerprint density at radius 3 is 2.60 bits per heavy atom. The van der Waals surface area contributed by atoms with Crippen molar-refractivity contribution in [1.29, 1.82) is 0 Å². The summed E-state index contributed by atoms with van der Waals surface area (Å²) in [7, 11) is 3.91. The number of hydrogen-bond acceptors (Lipinski definition) is 3. The van der Waals surface area contributed by atoms with Gasteiger partial charge in [-0.15, -0.1) is 0 Å². The van der Waals surface area contributed by atoms with E-state index in [-0.39, 0.29) is 5.91 Å². The third-order valence-corrected chi connectivity index (χ3v) is 3.26. The van der Waals surface area contributed by atoms with E-state index in [0.29, 0.717) is 11.3 Å². The molecule has 0 fully saturated rings. The van der Waals surface area contributed by atoms with Crippen LogP contribution < -0.4 is 16.0 Å². The van der Waals surface area contributed by atoms with Crippen LogP contribution >= 0.6 is 15.9 Å². The van der Waals surface area contributed by atoms with Crippen molar-refractivity contribution < 1.29 is 4.79 Å². The first-order valence-corrected chi connectivity index (χ1v) is 6.90. The molecule has 1 amide bonds. The third kappa shape index (κ3) is 3.51. The summed E-state index contributed by atoms with van der Waals surface area (Å²) in [5.41, 5.74) is 8.58. The van der Waals surface area contributed by atoms with Crippen molar-refractivity contribution in [2.24, 2.45) is 0 Å². The minimum absolute atomic E-state index is 0.186. The van der Waals surface area contributed by atoms with Crippen LogP contribution in [0.4, 0.5) is 17.1 Å². The summed E-state index contributed by atoms with van der Waals surface area (Å²) in [6, 6.07) is 12.8. The SMILES string of the molecule is CN(C)c1cccc(NC(=O)c2cc(N)cc(Br)c2)c1. The molecule has 2 rings (SSSR count). The number of nitrogens with two attached hydrogens (primary N) is 1. The molecule has 0 aromatic heterocycles. The van der Waals surface area contributed by atoms with Gasteiger partial charge >= 0.3 is 0 Å². The average Bonchev–Trinajstić information content (AvgIpc) is 2.37. The van der Waals surface area contributed by atoms with E-state index in [1.54, 1.807) is 18.2 Å². The fourth-order valence-electron chi connectivity index (χ4n) is 1.81. The summed E-state index contributed by atoms with van der Waals surface area (Å²) in [6.45, 7) is 0. The van der Waals surface area contributed by atoms with Gasteiger partial charge in [0, 0.05) is 41.2 Å². The van der Waals surface area contributed by atoms with Crippen LogP contribution in [0.1, 0.15) is 10.4 Å². The van der Waals surface area contributed by atoms with E-state index in [9.17, 15) is 4.79 Å². The quantitative estimate of drug-likeness (QED) is 0.847. The largest absolute Gasteiger partial charge is 0.399 e. The van der Waals surface area contributed by atoms with Crippen LogP contribution in [0.15, 0.2) is 46.9 Å². The summed E-state index contributed by atoms with van der Waals surface area (Å²) < 4.78 is 0.782. The molecule has 0 spiro atoms. The molecular formula is C15H16BrN3O. The second-order valence-corrected chi connectivity index (χ2v) is 5.59. The molecule has 0 radical (unpaired) electrons. The van der Waals surface area contributed by atoms with Gasteiger partial charge in [0.1, 0.15) is 0 Å². The maximum atomic E-state index is 12.2.